The molecule has 0 fully saturated rings. The number of nitrogens with one attached hydrogen (secondary N) is 1. The number of aromatic nitrogens is 1. The van der Waals surface area contributed by atoms with E-state index in [1.807, 2.05) is 18.3 Å². The Morgan fingerprint density at radius 2 is 1.86 bits per heavy atom. The highest BCUT2D eigenvalue weighted by Crippen LogP contribution is 2.13. The first-order valence-corrected chi connectivity index (χ1v) is 4.75. The van der Waals surface area contributed by atoms with Gasteiger partial charge in [0, 0.05) is 24.6 Å². The van der Waals surface area contributed by atoms with Gasteiger partial charge in [0.05, 0.1) is 6.54 Å². The van der Waals surface area contributed by atoms with E-state index in [1.165, 1.54) is 11.4 Å². The normalized spacial score (nSPS) is 10.1. The maximum atomic E-state index is 3.20. The van der Waals surface area contributed by atoms with E-state index in [-0.39, 0.29) is 0 Å². The first-order valence-electron chi connectivity index (χ1n) is 4.75. The SMILES string of the molecule is CN(Cc1ccc[nH]1)c1ccccc1. The third-order valence-corrected chi connectivity index (χ3v) is 2.27. The zero-order valence-electron chi connectivity index (χ0n) is 8.27. The largest absolute Gasteiger partial charge is 0.369 e. The Morgan fingerprint density at radius 1 is 1.07 bits per heavy atom. The minimum atomic E-state index is 0.914. The van der Waals surface area contributed by atoms with E-state index in [9.17, 15) is 0 Å². The molecule has 0 aliphatic rings. The number of benzene rings is 1. The summed E-state index contributed by atoms with van der Waals surface area (Å²) in [5.41, 5.74) is 2.47. The standard InChI is InChI=1S/C12H14N2/c1-14(10-11-6-5-9-13-11)12-7-3-2-4-8-12/h2-9,13H,10H2,1H3. The van der Waals surface area contributed by atoms with Gasteiger partial charge in [-0.05, 0) is 24.3 Å². The van der Waals surface area contributed by atoms with Gasteiger partial charge in [0.1, 0.15) is 0 Å². The molecule has 1 aromatic heterocycles. The summed E-state index contributed by atoms with van der Waals surface area (Å²) in [4.78, 5) is 5.41. The molecular weight excluding hydrogens is 172 g/mol. The highest BCUT2D eigenvalue weighted by molar-refractivity contribution is 5.45. The lowest BCUT2D eigenvalue weighted by Gasteiger charge is -2.18. The Hall–Kier alpha value is -1.70. The van der Waals surface area contributed by atoms with Crippen LogP contribution in [0.2, 0.25) is 0 Å². The van der Waals surface area contributed by atoms with Crippen molar-refractivity contribution in [3.8, 4) is 0 Å². The Kier molecular flexibility index (Phi) is 2.54. The second kappa shape index (κ2) is 4.01. The van der Waals surface area contributed by atoms with Crippen molar-refractivity contribution in [3.63, 3.8) is 0 Å². The molecule has 2 aromatic rings. The molecule has 0 radical (unpaired) electrons. The lowest BCUT2D eigenvalue weighted by atomic mass is 10.3. The third kappa shape index (κ3) is 1.96. The first kappa shape index (κ1) is 8.88. The van der Waals surface area contributed by atoms with Crippen molar-refractivity contribution in [2.45, 2.75) is 6.54 Å². The van der Waals surface area contributed by atoms with E-state index >= 15 is 0 Å². The van der Waals surface area contributed by atoms with Gasteiger partial charge in [0.2, 0.25) is 0 Å². The monoisotopic (exact) mass is 186 g/mol. The molecule has 0 amide bonds. The van der Waals surface area contributed by atoms with Gasteiger partial charge in [-0.15, -0.1) is 0 Å². The van der Waals surface area contributed by atoms with Gasteiger partial charge >= 0.3 is 0 Å². The number of rotatable bonds is 3. The zero-order valence-corrected chi connectivity index (χ0v) is 8.27. The van der Waals surface area contributed by atoms with Gasteiger partial charge < -0.3 is 9.88 Å². The van der Waals surface area contributed by atoms with Crippen molar-refractivity contribution >= 4 is 5.69 Å². The van der Waals surface area contributed by atoms with Crippen molar-refractivity contribution in [2.75, 3.05) is 11.9 Å². The topological polar surface area (TPSA) is 19.0 Å². The lowest BCUT2D eigenvalue weighted by Crippen LogP contribution is -2.16. The average Bonchev–Trinajstić information content (AvgIpc) is 2.72. The first-order chi connectivity index (χ1) is 6.86. The number of para-hydroxylation sites is 1. The fourth-order valence-electron chi connectivity index (χ4n) is 1.50. The summed E-state index contributed by atoms with van der Waals surface area (Å²) in [6.45, 7) is 0.914. The molecule has 2 rings (SSSR count). The molecule has 0 bridgehead atoms. The highest BCUT2D eigenvalue weighted by Gasteiger charge is 2.00. The zero-order chi connectivity index (χ0) is 9.80. The van der Waals surface area contributed by atoms with Gasteiger partial charge in [-0.25, -0.2) is 0 Å². The number of aromatic amines is 1. The van der Waals surface area contributed by atoms with E-state index in [0.717, 1.165) is 6.54 Å². The van der Waals surface area contributed by atoms with Crippen LogP contribution < -0.4 is 4.90 Å². The van der Waals surface area contributed by atoms with Crippen molar-refractivity contribution in [2.24, 2.45) is 0 Å². The van der Waals surface area contributed by atoms with Crippen LogP contribution in [0.1, 0.15) is 5.69 Å². The van der Waals surface area contributed by atoms with Crippen LogP contribution in [0.3, 0.4) is 0 Å². The second-order valence-electron chi connectivity index (χ2n) is 3.39. The summed E-state index contributed by atoms with van der Waals surface area (Å²) >= 11 is 0. The van der Waals surface area contributed by atoms with Crippen LogP contribution in [0.4, 0.5) is 5.69 Å². The maximum Gasteiger partial charge on any atom is 0.0576 e. The lowest BCUT2D eigenvalue weighted by molar-refractivity contribution is 0.895. The summed E-state index contributed by atoms with van der Waals surface area (Å²) < 4.78 is 0. The smallest absolute Gasteiger partial charge is 0.0576 e. The van der Waals surface area contributed by atoms with Gasteiger partial charge in [0.25, 0.3) is 0 Å². The van der Waals surface area contributed by atoms with Crippen LogP contribution in [0.25, 0.3) is 0 Å². The summed E-state index contributed by atoms with van der Waals surface area (Å²) in [6.07, 6.45) is 1.95. The molecule has 72 valence electrons. The summed E-state index contributed by atoms with van der Waals surface area (Å²) in [5, 5.41) is 0. The van der Waals surface area contributed by atoms with Gasteiger partial charge in [-0.1, -0.05) is 18.2 Å². The fourth-order valence-corrected chi connectivity index (χ4v) is 1.50. The number of hydrogen-bond donors (Lipinski definition) is 1. The molecular formula is C12H14N2. The molecule has 1 aromatic carbocycles. The maximum absolute atomic E-state index is 3.20. The minimum Gasteiger partial charge on any atom is -0.369 e. The van der Waals surface area contributed by atoms with Crippen LogP contribution in [0.15, 0.2) is 48.7 Å². The molecule has 1 heterocycles. The Bertz CT molecular complexity index is 364. The third-order valence-electron chi connectivity index (χ3n) is 2.27. The number of nitrogens with zero attached hydrogens (tertiary/aromatic N) is 1. The molecule has 2 nitrogen and oxygen atoms in total. The van der Waals surface area contributed by atoms with E-state index in [4.69, 9.17) is 0 Å². The summed E-state index contributed by atoms with van der Waals surface area (Å²) in [6, 6.07) is 14.5. The van der Waals surface area contributed by atoms with Crippen LogP contribution in [0.5, 0.6) is 0 Å². The van der Waals surface area contributed by atoms with E-state index < -0.39 is 0 Å². The molecule has 0 saturated carbocycles. The van der Waals surface area contributed by atoms with E-state index in [1.54, 1.807) is 0 Å². The second-order valence-corrected chi connectivity index (χ2v) is 3.39. The Morgan fingerprint density at radius 3 is 2.50 bits per heavy atom. The van der Waals surface area contributed by atoms with Crippen molar-refractivity contribution in [1.29, 1.82) is 0 Å². The molecule has 14 heavy (non-hydrogen) atoms. The predicted molar refractivity (Wildman–Crippen MR) is 59.3 cm³/mol. The van der Waals surface area contributed by atoms with Gasteiger partial charge in [0.15, 0.2) is 0 Å². The van der Waals surface area contributed by atoms with Crippen LogP contribution in [-0.4, -0.2) is 12.0 Å². The van der Waals surface area contributed by atoms with Crippen molar-refractivity contribution in [3.05, 3.63) is 54.4 Å². The molecule has 0 aliphatic carbocycles. The molecule has 1 N–H and O–H groups in total. The van der Waals surface area contributed by atoms with Crippen molar-refractivity contribution in [1.82, 2.24) is 4.98 Å². The van der Waals surface area contributed by atoms with E-state index in [0.29, 0.717) is 0 Å². The molecule has 0 spiro atoms. The molecule has 0 atom stereocenters. The van der Waals surface area contributed by atoms with Gasteiger partial charge in [-0.3, -0.25) is 0 Å². The van der Waals surface area contributed by atoms with Crippen LogP contribution in [0, 0.1) is 0 Å². The highest BCUT2D eigenvalue weighted by atomic mass is 15.1. The number of hydrogen-bond acceptors (Lipinski definition) is 1. The molecule has 0 unspecified atom stereocenters. The Labute approximate surface area is 84.2 Å². The average molecular weight is 186 g/mol. The summed E-state index contributed by atoms with van der Waals surface area (Å²) in [5.74, 6) is 0. The van der Waals surface area contributed by atoms with Crippen LogP contribution in [-0.2, 0) is 6.54 Å². The predicted octanol–water partition coefficient (Wildman–Crippen LogP) is 2.65. The molecule has 0 saturated heterocycles. The van der Waals surface area contributed by atoms with E-state index in [2.05, 4.69) is 47.3 Å². The quantitative estimate of drug-likeness (QED) is 0.780. The summed E-state index contributed by atoms with van der Waals surface area (Å²) in [7, 11) is 2.09. The molecule has 2 heteroatoms. The molecule has 0 aliphatic heterocycles. The number of anilines is 1. The Balaban J connectivity index is 2.07. The fraction of sp³-hybridized carbons (Fsp3) is 0.167. The van der Waals surface area contributed by atoms with Crippen LogP contribution >= 0.6 is 0 Å². The van der Waals surface area contributed by atoms with Crippen molar-refractivity contribution < 1.29 is 0 Å². The minimum absolute atomic E-state index is 0.914. The van der Waals surface area contributed by atoms with Gasteiger partial charge in [-0.2, -0.15) is 0 Å². The number of H-pyrrole nitrogens is 1.